The van der Waals surface area contributed by atoms with E-state index in [9.17, 15) is 30.6 Å². The number of halogens is 4. The highest BCUT2D eigenvalue weighted by Crippen LogP contribution is 2.31. The quantitative estimate of drug-likeness (QED) is 0.500. The molecule has 168 valence electrons. The van der Waals surface area contributed by atoms with Gasteiger partial charge in [0.05, 0.1) is 26.1 Å². The van der Waals surface area contributed by atoms with Gasteiger partial charge >= 0.3 is 6.18 Å². The Balaban J connectivity index is 2.02. The number of nitrogens with zero attached hydrogens (tertiary/aromatic N) is 1. The molecule has 12 heteroatoms. The zero-order chi connectivity index (χ0) is 23.7. The highest BCUT2D eigenvalue weighted by Gasteiger charge is 2.31. The van der Waals surface area contributed by atoms with Crippen LogP contribution in [0.3, 0.4) is 0 Å². The molecule has 3 aromatic rings. The van der Waals surface area contributed by atoms with E-state index >= 15 is 0 Å². The van der Waals surface area contributed by atoms with Crippen molar-refractivity contribution in [1.82, 2.24) is 4.98 Å². The van der Waals surface area contributed by atoms with Gasteiger partial charge in [0.15, 0.2) is 9.84 Å². The van der Waals surface area contributed by atoms with Crippen molar-refractivity contribution >= 4 is 43.9 Å². The van der Waals surface area contributed by atoms with Crippen LogP contribution in [0.25, 0.3) is 0 Å². The minimum Gasteiger partial charge on any atom is -0.299 e. The number of carbonyl (C=O) groups is 1. The lowest BCUT2D eigenvalue weighted by molar-refractivity contribution is -0.137. The molecule has 32 heavy (non-hydrogen) atoms. The Morgan fingerprint density at radius 1 is 1.09 bits per heavy atom. The number of carbonyl (C=O) groups excluding carboxylic acids is 1. The number of anilines is 1. The zero-order valence-electron chi connectivity index (χ0n) is 16.2. The van der Waals surface area contributed by atoms with Crippen LogP contribution in [0.2, 0.25) is 5.02 Å². The van der Waals surface area contributed by atoms with Crippen molar-refractivity contribution in [2.45, 2.75) is 16.0 Å². The standard InChI is InChI=1S/C20H14ClF3N2O4S2/c1-32(29,30)17-8-3-2-7-15(17)19(27)18-16(10-13(21)11-25-18)26-31(28)14-6-4-5-12(9-14)20(22,23)24/h2-11,26H,1H3. The van der Waals surface area contributed by atoms with E-state index in [0.717, 1.165) is 24.6 Å². The highest BCUT2D eigenvalue weighted by molar-refractivity contribution is 7.90. The number of benzene rings is 2. The topological polar surface area (TPSA) is 93.2 Å². The van der Waals surface area contributed by atoms with Crippen LogP contribution in [0.1, 0.15) is 21.6 Å². The normalized spacial score (nSPS) is 12.9. The molecule has 0 aliphatic heterocycles. The van der Waals surface area contributed by atoms with E-state index in [1.54, 1.807) is 0 Å². The third-order valence-corrected chi connectivity index (χ3v) is 6.63. The fraction of sp³-hybridized carbons (Fsp3) is 0.100. The van der Waals surface area contributed by atoms with Crippen LogP contribution in [0, 0.1) is 0 Å². The number of sulfone groups is 1. The summed E-state index contributed by atoms with van der Waals surface area (Å²) in [6, 6.07) is 10.5. The van der Waals surface area contributed by atoms with Crippen molar-refractivity contribution in [3.63, 3.8) is 0 Å². The largest absolute Gasteiger partial charge is 0.416 e. The Bertz CT molecular complexity index is 1330. The summed E-state index contributed by atoms with van der Waals surface area (Å²) >= 11 is 5.93. The molecule has 0 spiro atoms. The molecular weight excluding hydrogens is 489 g/mol. The molecule has 1 atom stereocenters. The number of hydrogen-bond donors (Lipinski definition) is 1. The van der Waals surface area contributed by atoms with Crippen LogP contribution in [0.15, 0.2) is 70.6 Å². The minimum absolute atomic E-state index is 0.0569. The number of pyridine rings is 1. The average molecular weight is 503 g/mol. The first-order valence-electron chi connectivity index (χ1n) is 8.73. The van der Waals surface area contributed by atoms with Crippen molar-refractivity contribution in [1.29, 1.82) is 0 Å². The predicted molar refractivity (Wildman–Crippen MR) is 114 cm³/mol. The van der Waals surface area contributed by atoms with E-state index in [1.807, 2.05) is 0 Å². The third-order valence-electron chi connectivity index (χ3n) is 4.18. The summed E-state index contributed by atoms with van der Waals surface area (Å²) in [5.74, 6) is -0.800. The van der Waals surface area contributed by atoms with Gasteiger partial charge in [0.1, 0.15) is 16.7 Å². The maximum atomic E-state index is 13.1. The Morgan fingerprint density at radius 3 is 2.44 bits per heavy atom. The maximum absolute atomic E-state index is 13.1. The first-order chi connectivity index (χ1) is 14.9. The molecular formula is C20H14ClF3N2O4S2. The first kappa shape index (κ1) is 23.9. The van der Waals surface area contributed by atoms with Crippen molar-refractivity contribution in [2.75, 3.05) is 11.0 Å². The maximum Gasteiger partial charge on any atom is 0.416 e. The van der Waals surface area contributed by atoms with Crippen LogP contribution in [-0.2, 0) is 27.0 Å². The van der Waals surface area contributed by atoms with Gasteiger partial charge in [0, 0.05) is 18.0 Å². The monoisotopic (exact) mass is 502 g/mol. The molecule has 1 unspecified atom stereocenters. The Morgan fingerprint density at radius 2 is 1.78 bits per heavy atom. The lowest BCUT2D eigenvalue weighted by atomic mass is 10.1. The van der Waals surface area contributed by atoms with E-state index in [2.05, 4.69) is 9.71 Å². The summed E-state index contributed by atoms with van der Waals surface area (Å²) in [4.78, 5) is 16.6. The molecule has 0 aliphatic carbocycles. The summed E-state index contributed by atoms with van der Waals surface area (Å²) in [5, 5.41) is 0.0569. The molecule has 1 N–H and O–H groups in total. The minimum atomic E-state index is -4.63. The number of alkyl halides is 3. The van der Waals surface area contributed by atoms with Gasteiger partial charge in [-0.05, 0) is 36.4 Å². The van der Waals surface area contributed by atoms with Crippen molar-refractivity contribution in [3.05, 3.63) is 82.6 Å². The number of rotatable bonds is 6. The summed E-state index contributed by atoms with van der Waals surface area (Å²) < 4.78 is 78.1. The average Bonchev–Trinajstić information content (AvgIpc) is 2.72. The fourth-order valence-corrected chi connectivity index (χ4v) is 4.70. The van der Waals surface area contributed by atoms with E-state index in [1.165, 1.54) is 36.4 Å². The zero-order valence-corrected chi connectivity index (χ0v) is 18.6. The van der Waals surface area contributed by atoms with Crippen LogP contribution >= 0.6 is 11.6 Å². The lowest BCUT2D eigenvalue weighted by Crippen LogP contribution is -2.15. The molecule has 0 radical (unpaired) electrons. The molecule has 3 rings (SSSR count). The molecule has 0 bridgehead atoms. The molecule has 6 nitrogen and oxygen atoms in total. The van der Waals surface area contributed by atoms with Gasteiger partial charge in [-0.3, -0.25) is 9.52 Å². The van der Waals surface area contributed by atoms with Gasteiger partial charge in [-0.2, -0.15) is 13.2 Å². The molecule has 0 aliphatic rings. The second-order valence-electron chi connectivity index (χ2n) is 6.54. The first-order valence-corrected chi connectivity index (χ1v) is 12.1. The second-order valence-corrected chi connectivity index (χ2v) is 10.2. The smallest absolute Gasteiger partial charge is 0.299 e. The summed E-state index contributed by atoms with van der Waals surface area (Å²) in [5.41, 5.74) is -1.60. The SMILES string of the molecule is CS(=O)(=O)c1ccccc1C(=O)c1ncc(Cl)cc1NS(=O)c1cccc(C(F)(F)F)c1. The highest BCUT2D eigenvalue weighted by atomic mass is 35.5. The van der Waals surface area contributed by atoms with Gasteiger partial charge in [0.2, 0.25) is 5.78 Å². The van der Waals surface area contributed by atoms with Gasteiger partial charge in [-0.1, -0.05) is 29.8 Å². The van der Waals surface area contributed by atoms with Crippen LogP contribution < -0.4 is 4.72 Å². The molecule has 0 saturated heterocycles. The van der Waals surface area contributed by atoms with Crippen molar-refractivity contribution in [2.24, 2.45) is 0 Å². The fourth-order valence-electron chi connectivity index (χ4n) is 2.75. The molecule has 1 heterocycles. The Kier molecular flexibility index (Phi) is 6.72. The molecule has 1 aromatic heterocycles. The van der Waals surface area contributed by atoms with Crippen LogP contribution in [0.5, 0.6) is 0 Å². The Hall–Kier alpha value is -2.76. The molecule has 0 amide bonds. The molecule has 2 aromatic carbocycles. The van der Waals surface area contributed by atoms with Gasteiger partial charge in [-0.15, -0.1) is 0 Å². The number of aromatic nitrogens is 1. The number of hydrogen-bond acceptors (Lipinski definition) is 5. The van der Waals surface area contributed by atoms with E-state index < -0.39 is 38.3 Å². The van der Waals surface area contributed by atoms with E-state index in [-0.39, 0.29) is 31.8 Å². The number of ketones is 1. The predicted octanol–water partition coefficient (Wildman–Crippen LogP) is 4.52. The Labute approximate surface area is 189 Å². The summed E-state index contributed by atoms with van der Waals surface area (Å²) in [7, 11) is -5.97. The second kappa shape index (κ2) is 9.00. The van der Waals surface area contributed by atoms with Gasteiger partial charge < -0.3 is 0 Å². The molecule has 0 fully saturated rings. The number of nitrogens with one attached hydrogen (secondary N) is 1. The van der Waals surface area contributed by atoms with E-state index in [4.69, 9.17) is 11.6 Å². The molecule has 0 saturated carbocycles. The van der Waals surface area contributed by atoms with Gasteiger partial charge in [-0.25, -0.2) is 17.6 Å². The lowest BCUT2D eigenvalue weighted by Gasteiger charge is -2.13. The summed E-state index contributed by atoms with van der Waals surface area (Å²) in [6.45, 7) is 0. The van der Waals surface area contributed by atoms with Crippen molar-refractivity contribution < 1.29 is 30.6 Å². The van der Waals surface area contributed by atoms with E-state index in [0.29, 0.717) is 6.07 Å². The van der Waals surface area contributed by atoms with Crippen LogP contribution in [-0.4, -0.2) is 29.6 Å². The van der Waals surface area contributed by atoms with Gasteiger partial charge in [0.25, 0.3) is 0 Å². The van der Waals surface area contributed by atoms with Crippen molar-refractivity contribution in [3.8, 4) is 0 Å². The third kappa shape index (κ3) is 5.34. The van der Waals surface area contributed by atoms with Crippen LogP contribution in [0.4, 0.5) is 18.9 Å². The summed E-state index contributed by atoms with van der Waals surface area (Å²) in [6.07, 6.45) is -2.55.